The normalized spacial score (nSPS) is 15.1. The van der Waals surface area contributed by atoms with Crippen LogP contribution in [0.4, 0.5) is 4.39 Å². The molecule has 1 aromatic heterocycles. The summed E-state index contributed by atoms with van der Waals surface area (Å²) in [6.45, 7) is 0.623. The molecule has 3 aromatic rings. The quantitative estimate of drug-likeness (QED) is 0.342. The van der Waals surface area contributed by atoms with E-state index in [1.165, 1.54) is 29.5 Å². The average molecular weight is 507 g/mol. The van der Waals surface area contributed by atoms with Gasteiger partial charge < -0.3 is 10.1 Å². The zero-order chi connectivity index (χ0) is 25.2. The molecule has 8 heteroatoms. The van der Waals surface area contributed by atoms with Gasteiger partial charge in [0.2, 0.25) is 5.91 Å². The van der Waals surface area contributed by atoms with E-state index in [2.05, 4.69) is 32.2 Å². The SMILES string of the molecule is COC1C=CC=C(n2c(CCCC(=O)NCCc3ccccc3)nnc2SCc2cccc(F)c2)C1. The van der Waals surface area contributed by atoms with Gasteiger partial charge in [-0.15, -0.1) is 10.2 Å². The fourth-order valence-corrected chi connectivity index (χ4v) is 4.99. The number of aromatic nitrogens is 3. The number of nitrogens with one attached hydrogen (secondary N) is 1. The highest BCUT2D eigenvalue weighted by Crippen LogP contribution is 2.29. The first-order valence-corrected chi connectivity index (χ1v) is 13.1. The number of carbonyl (C=O) groups is 1. The first kappa shape index (κ1) is 25.9. The van der Waals surface area contributed by atoms with Gasteiger partial charge in [0, 0.05) is 44.4 Å². The van der Waals surface area contributed by atoms with Crippen molar-refractivity contribution in [2.45, 2.75) is 49.1 Å². The highest BCUT2D eigenvalue weighted by atomic mass is 32.2. The Morgan fingerprint density at radius 2 is 1.97 bits per heavy atom. The summed E-state index contributed by atoms with van der Waals surface area (Å²) in [4.78, 5) is 12.4. The van der Waals surface area contributed by atoms with Crippen LogP contribution in [0.2, 0.25) is 0 Å². The molecule has 36 heavy (non-hydrogen) atoms. The third-order valence-electron chi connectivity index (χ3n) is 5.95. The van der Waals surface area contributed by atoms with Gasteiger partial charge in [-0.1, -0.05) is 66.4 Å². The van der Waals surface area contributed by atoms with E-state index in [1.54, 1.807) is 13.2 Å². The number of benzene rings is 2. The summed E-state index contributed by atoms with van der Waals surface area (Å²) in [6.07, 6.45) is 9.26. The van der Waals surface area contributed by atoms with E-state index < -0.39 is 0 Å². The van der Waals surface area contributed by atoms with Crippen LogP contribution in [0.5, 0.6) is 0 Å². The summed E-state index contributed by atoms with van der Waals surface area (Å²) in [7, 11) is 1.70. The van der Waals surface area contributed by atoms with E-state index in [9.17, 15) is 9.18 Å². The van der Waals surface area contributed by atoms with Gasteiger partial charge >= 0.3 is 0 Å². The predicted molar refractivity (Wildman–Crippen MR) is 141 cm³/mol. The number of aryl methyl sites for hydroxylation is 1. The van der Waals surface area contributed by atoms with Crippen molar-refractivity contribution < 1.29 is 13.9 Å². The average Bonchev–Trinajstić information content (AvgIpc) is 3.31. The first-order valence-electron chi connectivity index (χ1n) is 12.1. The minimum atomic E-state index is -0.250. The van der Waals surface area contributed by atoms with Crippen LogP contribution in [-0.4, -0.2) is 40.4 Å². The fraction of sp³-hybridized carbons (Fsp3) is 0.321. The van der Waals surface area contributed by atoms with Crippen molar-refractivity contribution in [2.24, 2.45) is 0 Å². The van der Waals surface area contributed by atoms with Gasteiger partial charge in [0.05, 0.1) is 6.10 Å². The summed E-state index contributed by atoms with van der Waals surface area (Å²) in [6, 6.07) is 16.7. The lowest BCUT2D eigenvalue weighted by Gasteiger charge is -2.20. The molecular formula is C28H31FN4O2S. The molecule has 0 aliphatic heterocycles. The van der Waals surface area contributed by atoms with Crippen LogP contribution < -0.4 is 5.32 Å². The van der Waals surface area contributed by atoms with Crippen molar-refractivity contribution in [3.05, 3.63) is 95.6 Å². The lowest BCUT2D eigenvalue weighted by Crippen LogP contribution is -2.25. The fourth-order valence-electron chi connectivity index (χ4n) is 4.07. The zero-order valence-corrected chi connectivity index (χ0v) is 21.2. The van der Waals surface area contributed by atoms with Gasteiger partial charge in [-0.3, -0.25) is 9.36 Å². The van der Waals surface area contributed by atoms with Crippen molar-refractivity contribution in [1.82, 2.24) is 20.1 Å². The third-order valence-corrected chi connectivity index (χ3v) is 6.95. The van der Waals surface area contributed by atoms with Gasteiger partial charge in [0.15, 0.2) is 5.16 Å². The largest absolute Gasteiger partial charge is 0.377 e. The molecule has 188 valence electrons. The monoisotopic (exact) mass is 506 g/mol. The molecule has 4 rings (SSSR count). The Bertz CT molecular complexity index is 1210. The molecule has 1 amide bonds. The number of rotatable bonds is 12. The standard InChI is InChI=1S/C28H31FN4O2S/c1-35-25-13-6-12-24(19-25)33-26(31-32-28(33)36-20-22-10-5-11-23(29)18-22)14-7-15-27(34)30-17-16-21-8-3-2-4-9-21/h2-6,8-13,18,25H,7,14-17,19-20H2,1H3,(H,30,34). The van der Waals surface area contributed by atoms with Crippen molar-refractivity contribution in [3.63, 3.8) is 0 Å². The van der Waals surface area contributed by atoms with Crippen LogP contribution >= 0.6 is 11.8 Å². The van der Waals surface area contributed by atoms with Crippen LogP contribution in [-0.2, 0) is 28.1 Å². The molecule has 0 saturated carbocycles. The maximum absolute atomic E-state index is 13.6. The molecule has 6 nitrogen and oxygen atoms in total. The number of hydrogen-bond donors (Lipinski definition) is 1. The smallest absolute Gasteiger partial charge is 0.220 e. The number of hydrogen-bond acceptors (Lipinski definition) is 5. The Morgan fingerprint density at radius 3 is 2.78 bits per heavy atom. The Morgan fingerprint density at radius 1 is 1.14 bits per heavy atom. The number of thioether (sulfide) groups is 1. The molecular weight excluding hydrogens is 475 g/mol. The lowest BCUT2D eigenvalue weighted by atomic mass is 10.1. The molecule has 1 heterocycles. The second-order valence-corrected chi connectivity index (χ2v) is 9.56. The van der Waals surface area contributed by atoms with Crippen LogP contribution in [0.15, 0.2) is 78.0 Å². The highest BCUT2D eigenvalue weighted by molar-refractivity contribution is 7.98. The number of halogens is 1. The summed E-state index contributed by atoms with van der Waals surface area (Å²) in [5, 5.41) is 12.6. The molecule has 0 bridgehead atoms. The van der Waals surface area contributed by atoms with E-state index in [0.29, 0.717) is 38.0 Å². The van der Waals surface area contributed by atoms with E-state index in [0.717, 1.165) is 28.7 Å². The van der Waals surface area contributed by atoms with Crippen LogP contribution in [0, 0.1) is 5.82 Å². The van der Waals surface area contributed by atoms with Crippen molar-refractivity contribution in [1.29, 1.82) is 0 Å². The zero-order valence-electron chi connectivity index (χ0n) is 20.4. The summed E-state index contributed by atoms with van der Waals surface area (Å²) < 4.78 is 21.2. The topological polar surface area (TPSA) is 69.0 Å². The van der Waals surface area contributed by atoms with E-state index in [-0.39, 0.29) is 17.8 Å². The summed E-state index contributed by atoms with van der Waals surface area (Å²) in [5.74, 6) is 1.18. The Kier molecular flexibility index (Phi) is 9.47. The van der Waals surface area contributed by atoms with Crippen LogP contribution in [0.25, 0.3) is 5.70 Å². The van der Waals surface area contributed by atoms with Crippen LogP contribution in [0.1, 0.15) is 36.2 Å². The number of carbonyl (C=O) groups excluding carboxylic acids is 1. The molecule has 1 unspecified atom stereocenters. The van der Waals surface area contributed by atoms with Crippen molar-refractivity contribution >= 4 is 23.4 Å². The number of allylic oxidation sites excluding steroid dienone is 2. The lowest BCUT2D eigenvalue weighted by molar-refractivity contribution is -0.121. The number of amides is 1. The van der Waals surface area contributed by atoms with Gasteiger partial charge in [0.25, 0.3) is 0 Å². The molecule has 2 aromatic carbocycles. The maximum atomic E-state index is 13.6. The molecule has 0 fully saturated rings. The van der Waals surface area contributed by atoms with Gasteiger partial charge in [-0.25, -0.2) is 4.39 Å². The predicted octanol–water partition coefficient (Wildman–Crippen LogP) is 5.21. The Labute approximate surface area is 215 Å². The highest BCUT2D eigenvalue weighted by Gasteiger charge is 2.20. The minimum absolute atomic E-state index is 0.0169. The minimum Gasteiger partial charge on any atom is -0.377 e. The second-order valence-electron chi connectivity index (χ2n) is 8.61. The molecule has 1 aliphatic rings. The van der Waals surface area contributed by atoms with Crippen molar-refractivity contribution in [3.8, 4) is 0 Å². The summed E-state index contributed by atoms with van der Waals surface area (Å²) >= 11 is 1.52. The molecule has 0 spiro atoms. The van der Waals surface area contributed by atoms with E-state index in [1.807, 2.05) is 42.5 Å². The molecule has 1 aliphatic carbocycles. The first-order chi connectivity index (χ1) is 17.6. The van der Waals surface area contributed by atoms with Crippen molar-refractivity contribution in [2.75, 3.05) is 13.7 Å². The molecule has 1 atom stereocenters. The third kappa shape index (κ3) is 7.38. The van der Waals surface area contributed by atoms with E-state index >= 15 is 0 Å². The van der Waals surface area contributed by atoms with E-state index in [4.69, 9.17) is 4.74 Å². The molecule has 1 N–H and O–H groups in total. The van der Waals surface area contributed by atoms with Gasteiger partial charge in [-0.2, -0.15) is 0 Å². The van der Waals surface area contributed by atoms with Gasteiger partial charge in [-0.05, 0) is 42.2 Å². The number of ether oxygens (including phenoxy) is 1. The maximum Gasteiger partial charge on any atom is 0.220 e. The van der Waals surface area contributed by atoms with Crippen LogP contribution in [0.3, 0.4) is 0 Å². The van der Waals surface area contributed by atoms with Gasteiger partial charge in [0.1, 0.15) is 11.6 Å². The number of nitrogens with zero attached hydrogens (tertiary/aromatic N) is 3. The number of methoxy groups -OCH3 is 1. The molecule has 0 radical (unpaired) electrons. The molecule has 0 saturated heterocycles. The Hall–Kier alpha value is -3.23. The Balaban J connectivity index is 1.37. The second kappa shape index (κ2) is 13.2. The summed E-state index contributed by atoms with van der Waals surface area (Å²) in [5.41, 5.74) is 3.13.